The second kappa shape index (κ2) is 5.85. The van der Waals surface area contributed by atoms with Crippen molar-refractivity contribution in [3.05, 3.63) is 18.0 Å². The molecule has 5 nitrogen and oxygen atoms in total. The lowest BCUT2D eigenvalue weighted by Gasteiger charge is -2.20. The normalized spacial score (nSPS) is 13.4. The first-order valence-corrected chi connectivity index (χ1v) is 4.97. The zero-order valence-corrected chi connectivity index (χ0v) is 9.51. The van der Waals surface area contributed by atoms with Crippen LogP contribution in [-0.4, -0.2) is 36.3 Å². The van der Waals surface area contributed by atoms with E-state index in [1.165, 1.54) is 0 Å². The maximum absolute atomic E-state index is 5.93. The quantitative estimate of drug-likeness (QED) is 0.690. The number of hydrogen-bond donors (Lipinski definition) is 1. The van der Waals surface area contributed by atoms with Gasteiger partial charge in [-0.25, -0.2) is 0 Å². The summed E-state index contributed by atoms with van der Waals surface area (Å²) in [6.45, 7) is 0. The third kappa shape index (κ3) is 3.30. The van der Waals surface area contributed by atoms with Crippen molar-refractivity contribution in [3.8, 4) is 0 Å². The number of hydrogen-bond acceptors (Lipinski definition) is 4. The van der Waals surface area contributed by atoms with E-state index in [9.17, 15) is 0 Å². The molecule has 0 amide bonds. The van der Waals surface area contributed by atoms with E-state index in [2.05, 4.69) is 5.10 Å². The van der Waals surface area contributed by atoms with Crippen LogP contribution in [-0.2, 0) is 22.9 Å². The number of methoxy groups -OCH3 is 2. The van der Waals surface area contributed by atoms with Crippen LogP contribution in [0.5, 0.6) is 0 Å². The van der Waals surface area contributed by atoms with Gasteiger partial charge < -0.3 is 15.2 Å². The minimum absolute atomic E-state index is 0.116. The summed E-state index contributed by atoms with van der Waals surface area (Å²) in [7, 11) is 5.11. The number of nitrogens with zero attached hydrogens (tertiary/aromatic N) is 2. The Bertz CT molecular complexity index is 284. The maximum Gasteiger partial charge on any atom is 0.171 e. The second-order valence-electron chi connectivity index (χ2n) is 3.49. The zero-order chi connectivity index (χ0) is 11.3. The molecule has 0 spiro atoms. The summed E-state index contributed by atoms with van der Waals surface area (Å²) in [5, 5.41) is 4.09. The van der Waals surface area contributed by atoms with Gasteiger partial charge in [-0.2, -0.15) is 5.10 Å². The van der Waals surface area contributed by atoms with E-state index in [0.29, 0.717) is 0 Å². The van der Waals surface area contributed by atoms with Crippen LogP contribution >= 0.6 is 0 Å². The maximum atomic E-state index is 5.93. The Balaban J connectivity index is 2.40. The summed E-state index contributed by atoms with van der Waals surface area (Å²) < 4.78 is 12.0. The summed E-state index contributed by atoms with van der Waals surface area (Å²) in [6, 6.07) is 1.87. The highest BCUT2D eigenvalue weighted by Gasteiger charge is 2.16. The summed E-state index contributed by atoms with van der Waals surface area (Å²) in [4.78, 5) is 0. The van der Waals surface area contributed by atoms with Gasteiger partial charge in [0.2, 0.25) is 0 Å². The van der Waals surface area contributed by atoms with Crippen LogP contribution in [0.15, 0.2) is 12.3 Å². The SMILES string of the molecule is COC(OC)C(N)CCc1ccnn1C. The summed E-state index contributed by atoms with van der Waals surface area (Å²) in [5.74, 6) is 0. The molecular weight excluding hydrogens is 194 g/mol. The molecule has 5 heteroatoms. The Morgan fingerprint density at radius 3 is 2.60 bits per heavy atom. The molecule has 1 rings (SSSR count). The molecule has 1 atom stereocenters. The minimum atomic E-state index is -0.335. The van der Waals surface area contributed by atoms with E-state index in [4.69, 9.17) is 15.2 Å². The molecule has 0 aliphatic carbocycles. The molecule has 0 radical (unpaired) electrons. The monoisotopic (exact) mass is 213 g/mol. The fraction of sp³-hybridized carbons (Fsp3) is 0.700. The fourth-order valence-corrected chi connectivity index (χ4v) is 1.54. The van der Waals surface area contributed by atoms with Gasteiger partial charge in [-0.05, 0) is 18.9 Å². The number of ether oxygens (including phenoxy) is 2. The average Bonchev–Trinajstić information content (AvgIpc) is 2.63. The van der Waals surface area contributed by atoms with Crippen LogP contribution in [0.2, 0.25) is 0 Å². The molecule has 1 unspecified atom stereocenters. The molecule has 86 valence electrons. The fourth-order valence-electron chi connectivity index (χ4n) is 1.54. The Labute approximate surface area is 90.2 Å². The van der Waals surface area contributed by atoms with Gasteiger partial charge in [-0.15, -0.1) is 0 Å². The Hall–Kier alpha value is -0.910. The molecule has 2 N–H and O–H groups in total. The van der Waals surface area contributed by atoms with Crippen molar-refractivity contribution in [2.75, 3.05) is 14.2 Å². The van der Waals surface area contributed by atoms with E-state index in [-0.39, 0.29) is 12.3 Å². The van der Waals surface area contributed by atoms with E-state index in [1.54, 1.807) is 20.4 Å². The van der Waals surface area contributed by atoms with Gasteiger partial charge in [-0.3, -0.25) is 4.68 Å². The highest BCUT2D eigenvalue weighted by molar-refractivity contribution is 5.00. The van der Waals surface area contributed by atoms with E-state index in [1.807, 2.05) is 17.8 Å². The van der Waals surface area contributed by atoms with Crippen molar-refractivity contribution in [1.29, 1.82) is 0 Å². The molecule has 0 saturated heterocycles. The topological polar surface area (TPSA) is 62.3 Å². The first-order chi connectivity index (χ1) is 7.19. The third-order valence-corrected chi connectivity index (χ3v) is 2.47. The number of aryl methyl sites for hydroxylation is 2. The number of rotatable bonds is 6. The van der Waals surface area contributed by atoms with Crippen LogP contribution in [0.25, 0.3) is 0 Å². The second-order valence-corrected chi connectivity index (χ2v) is 3.49. The third-order valence-electron chi connectivity index (χ3n) is 2.47. The van der Waals surface area contributed by atoms with Gasteiger partial charge >= 0.3 is 0 Å². The molecule has 0 aliphatic rings. The summed E-state index contributed by atoms with van der Waals surface area (Å²) in [5.41, 5.74) is 7.09. The standard InChI is InChI=1S/C10H19N3O2/c1-13-8(6-7-12-13)4-5-9(11)10(14-2)15-3/h6-7,9-10H,4-5,11H2,1-3H3. The number of aromatic nitrogens is 2. The van der Waals surface area contributed by atoms with Crippen LogP contribution in [0, 0.1) is 0 Å². The van der Waals surface area contributed by atoms with Gasteiger partial charge in [0, 0.05) is 33.2 Å². The summed E-state index contributed by atoms with van der Waals surface area (Å²) >= 11 is 0. The van der Waals surface area contributed by atoms with Gasteiger partial charge in [0.05, 0.1) is 6.04 Å². The van der Waals surface area contributed by atoms with Gasteiger partial charge in [0.25, 0.3) is 0 Å². The molecule has 0 aliphatic heterocycles. The predicted octanol–water partition coefficient (Wildman–Crippen LogP) is 0.299. The van der Waals surface area contributed by atoms with E-state index >= 15 is 0 Å². The van der Waals surface area contributed by atoms with Gasteiger partial charge in [-0.1, -0.05) is 0 Å². The lowest BCUT2D eigenvalue weighted by Crippen LogP contribution is -2.37. The van der Waals surface area contributed by atoms with Crippen molar-refractivity contribution in [2.24, 2.45) is 12.8 Å². The van der Waals surface area contributed by atoms with Crippen LogP contribution in [0.1, 0.15) is 12.1 Å². The molecule has 1 aromatic heterocycles. The molecule has 15 heavy (non-hydrogen) atoms. The molecule has 0 aromatic carbocycles. The minimum Gasteiger partial charge on any atom is -0.354 e. The molecule has 0 fully saturated rings. The van der Waals surface area contributed by atoms with Crippen molar-refractivity contribution >= 4 is 0 Å². The highest BCUT2D eigenvalue weighted by Crippen LogP contribution is 2.07. The van der Waals surface area contributed by atoms with Gasteiger partial charge in [0.1, 0.15) is 0 Å². The Morgan fingerprint density at radius 1 is 1.47 bits per heavy atom. The summed E-state index contributed by atoms with van der Waals surface area (Å²) in [6.07, 6.45) is 3.14. The van der Waals surface area contributed by atoms with Crippen LogP contribution in [0.3, 0.4) is 0 Å². The van der Waals surface area contributed by atoms with Gasteiger partial charge in [0.15, 0.2) is 6.29 Å². The molecular formula is C10H19N3O2. The van der Waals surface area contributed by atoms with E-state index in [0.717, 1.165) is 18.5 Å². The molecule has 0 bridgehead atoms. The first-order valence-electron chi connectivity index (χ1n) is 4.97. The van der Waals surface area contributed by atoms with Crippen LogP contribution < -0.4 is 5.73 Å². The van der Waals surface area contributed by atoms with Crippen molar-refractivity contribution in [3.63, 3.8) is 0 Å². The molecule has 0 saturated carbocycles. The average molecular weight is 213 g/mol. The van der Waals surface area contributed by atoms with Crippen LogP contribution in [0.4, 0.5) is 0 Å². The first kappa shape index (κ1) is 12.2. The van der Waals surface area contributed by atoms with Crippen molar-refractivity contribution in [2.45, 2.75) is 25.2 Å². The zero-order valence-electron chi connectivity index (χ0n) is 9.51. The van der Waals surface area contributed by atoms with Crippen molar-refractivity contribution in [1.82, 2.24) is 9.78 Å². The lowest BCUT2D eigenvalue weighted by atomic mass is 10.1. The largest absolute Gasteiger partial charge is 0.354 e. The lowest BCUT2D eigenvalue weighted by molar-refractivity contribution is -0.117. The van der Waals surface area contributed by atoms with E-state index < -0.39 is 0 Å². The predicted molar refractivity (Wildman–Crippen MR) is 57.3 cm³/mol. The highest BCUT2D eigenvalue weighted by atomic mass is 16.7. The van der Waals surface area contributed by atoms with Crippen molar-refractivity contribution < 1.29 is 9.47 Å². The molecule has 1 aromatic rings. The Kier molecular flexibility index (Phi) is 4.74. The smallest absolute Gasteiger partial charge is 0.171 e. The molecule has 1 heterocycles. The Morgan fingerprint density at radius 2 is 2.13 bits per heavy atom. The number of nitrogens with two attached hydrogens (primary N) is 1.